The van der Waals surface area contributed by atoms with Gasteiger partial charge >= 0.3 is 6.18 Å². The van der Waals surface area contributed by atoms with Crippen LogP contribution in [0.1, 0.15) is 80.3 Å². The van der Waals surface area contributed by atoms with E-state index in [2.05, 4.69) is 21.7 Å². The molecule has 2 aliphatic carbocycles. The van der Waals surface area contributed by atoms with Crippen LogP contribution in [0.25, 0.3) is 0 Å². The van der Waals surface area contributed by atoms with E-state index in [9.17, 15) is 22.8 Å². The average Bonchev–Trinajstić information content (AvgIpc) is 3.40. The lowest BCUT2D eigenvalue weighted by molar-refractivity contribution is -0.188. The number of benzene rings is 1. The van der Waals surface area contributed by atoms with Gasteiger partial charge in [0.15, 0.2) is 0 Å². The van der Waals surface area contributed by atoms with Crippen LogP contribution >= 0.6 is 0 Å². The van der Waals surface area contributed by atoms with Crippen LogP contribution in [0.5, 0.6) is 0 Å². The molecule has 1 spiro atoms. The Balaban J connectivity index is 1.16. The molecule has 1 aromatic heterocycles. The second-order valence-corrected chi connectivity index (χ2v) is 11.9. The van der Waals surface area contributed by atoms with E-state index in [-0.39, 0.29) is 5.91 Å². The highest BCUT2D eigenvalue weighted by Gasteiger charge is 2.69. The molecule has 6 rings (SSSR count). The SMILES string of the molecule is CC(=O)N1CCc2nc(C)n(C3CC4N(CC[C@H](NC(=O)CC(F)(F)F)c5ccccc5)C5CCC54C3)c2C1. The fourth-order valence-corrected chi connectivity index (χ4v) is 8.01. The topological polar surface area (TPSA) is 70.5 Å². The van der Waals surface area contributed by atoms with Crippen LogP contribution in [0.2, 0.25) is 0 Å². The number of imidazole rings is 1. The van der Waals surface area contributed by atoms with Gasteiger partial charge < -0.3 is 14.8 Å². The Morgan fingerprint density at radius 2 is 1.97 bits per heavy atom. The summed E-state index contributed by atoms with van der Waals surface area (Å²) in [6.45, 7) is 5.75. The number of aromatic nitrogens is 2. The highest BCUT2D eigenvalue weighted by molar-refractivity contribution is 5.77. The van der Waals surface area contributed by atoms with Gasteiger partial charge in [0.05, 0.1) is 24.0 Å². The van der Waals surface area contributed by atoms with Crippen LogP contribution in [0.4, 0.5) is 13.2 Å². The van der Waals surface area contributed by atoms with Gasteiger partial charge in [-0.2, -0.15) is 13.2 Å². The first-order chi connectivity index (χ1) is 18.6. The fourth-order valence-electron chi connectivity index (χ4n) is 8.01. The third-order valence-corrected chi connectivity index (χ3v) is 9.74. The number of alkyl halides is 3. The van der Waals surface area contributed by atoms with E-state index in [1.165, 1.54) is 12.1 Å². The number of carbonyl (C=O) groups is 2. The number of piperidine rings is 1. The summed E-state index contributed by atoms with van der Waals surface area (Å²) in [7, 11) is 0. The van der Waals surface area contributed by atoms with Crippen molar-refractivity contribution in [2.24, 2.45) is 5.41 Å². The Morgan fingerprint density at radius 3 is 2.64 bits per heavy atom. The zero-order chi connectivity index (χ0) is 27.5. The summed E-state index contributed by atoms with van der Waals surface area (Å²) in [5.74, 6) is 0.127. The van der Waals surface area contributed by atoms with Crippen molar-refractivity contribution in [2.45, 2.75) is 95.7 Å². The molecule has 2 saturated carbocycles. The Hall–Kier alpha value is -2.88. The molecule has 1 aromatic carbocycles. The second kappa shape index (κ2) is 9.64. The van der Waals surface area contributed by atoms with Crippen molar-refractivity contribution < 1.29 is 22.8 Å². The summed E-state index contributed by atoms with van der Waals surface area (Å²) in [5.41, 5.74) is 3.42. The van der Waals surface area contributed by atoms with Gasteiger partial charge in [0.1, 0.15) is 12.2 Å². The summed E-state index contributed by atoms with van der Waals surface area (Å²) >= 11 is 0. The first-order valence-electron chi connectivity index (χ1n) is 14.0. The lowest BCUT2D eigenvalue weighted by Gasteiger charge is -2.68. The number of hydrogen-bond acceptors (Lipinski definition) is 4. The molecule has 3 heterocycles. The molecular weight excluding hydrogens is 507 g/mol. The molecule has 7 nitrogen and oxygen atoms in total. The predicted molar refractivity (Wildman–Crippen MR) is 139 cm³/mol. The molecule has 0 radical (unpaired) electrons. The summed E-state index contributed by atoms with van der Waals surface area (Å²) in [6, 6.07) is 10.1. The van der Waals surface area contributed by atoms with Gasteiger partial charge in [-0.1, -0.05) is 30.3 Å². The summed E-state index contributed by atoms with van der Waals surface area (Å²) in [6.07, 6.45) is -0.184. The van der Waals surface area contributed by atoms with Crippen molar-refractivity contribution >= 4 is 11.8 Å². The van der Waals surface area contributed by atoms with E-state index in [1.807, 2.05) is 35.2 Å². The molecule has 0 bridgehead atoms. The average molecular weight is 544 g/mol. The third kappa shape index (κ3) is 4.64. The second-order valence-electron chi connectivity index (χ2n) is 11.9. The molecule has 4 aliphatic rings. The van der Waals surface area contributed by atoms with Gasteiger partial charge in [0, 0.05) is 50.0 Å². The van der Waals surface area contributed by atoms with Crippen LogP contribution in [-0.2, 0) is 22.6 Å². The molecule has 2 amide bonds. The number of nitrogens with one attached hydrogen (secondary N) is 1. The van der Waals surface area contributed by atoms with Crippen molar-refractivity contribution in [1.82, 2.24) is 24.7 Å². The van der Waals surface area contributed by atoms with Gasteiger partial charge in [0.25, 0.3) is 0 Å². The highest BCUT2D eigenvalue weighted by atomic mass is 19.4. The Kier molecular flexibility index (Phi) is 6.51. The van der Waals surface area contributed by atoms with Crippen LogP contribution in [0, 0.1) is 12.3 Å². The first-order valence-corrected chi connectivity index (χ1v) is 14.0. The van der Waals surface area contributed by atoms with Crippen molar-refractivity contribution in [3.63, 3.8) is 0 Å². The summed E-state index contributed by atoms with van der Waals surface area (Å²) < 4.78 is 40.9. The van der Waals surface area contributed by atoms with Crippen LogP contribution in [-0.4, -0.2) is 62.5 Å². The van der Waals surface area contributed by atoms with E-state index in [1.54, 1.807) is 6.92 Å². The zero-order valence-corrected chi connectivity index (χ0v) is 22.5. The fraction of sp³-hybridized carbons (Fsp3) is 0.621. The minimum atomic E-state index is -4.53. The number of halogens is 3. The molecule has 5 atom stereocenters. The Labute approximate surface area is 226 Å². The standard InChI is InChI=1S/C29H36F3N5O2/c1-18-33-23-9-12-35(19(2)38)17-24(23)37(18)21-14-26-28(15-21)11-8-25(28)36(26)13-10-22(20-6-4-3-5-7-20)34-27(39)16-29(30,31)32/h3-7,21-22,25-26H,8-17H2,1-2H3,(H,34,39)/t21?,22-,25?,26?,28?/m0/s1. The molecule has 10 heteroatoms. The molecule has 2 aromatic rings. The van der Waals surface area contributed by atoms with Gasteiger partial charge in [-0.05, 0) is 44.6 Å². The van der Waals surface area contributed by atoms with E-state index in [0.717, 1.165) is 49.3 Å². The smallest absolute Gasteiger partial charge is 0.349 e. The summed E-state index contributed by atoms with van der Waals surface area (Å²) in [4.78, 5) is 33.6. The third-order valence-electron chi connectivity index (χ3n) is 9.74. The minimum absolute atomic E-state index is 0.0941. The number of likely N-dealkylation sites (tertiary alicyclic amines) is 1. The highest BCUT2D eigenvalue weighted by Crippen LogP contribution is 2.67. The number of aryl methyl sites for hydroxylation is 1. The van der Waals surface area contributed by atoms with Gasteiger partial charge in [-0.15, -0.1) is 0 Å². The largest absolute Gasteiger partial charge is 0.397 e. The van der Waals surface area contributed by atoms with E-state index in [4.69, 9.17) is 4.98 Å². The first kappa shape index (κ1) is 26.3. The maximum atomic E-state index is 12.8. The number of hydrogen-bond donors (Lipinski definition) is 1. The normalized spacial score (nSPS) is 28.5. The molecule has 1 saturated heterocycles. The number of carbonyl (C=O) groups excluding carboxylic acids is 2. The molecular formula is C29H36F3N5O2. The Morgan fingerprint density at radius 1 is 1.21 bits per heavy atom. The van der Waals surface area contributed by atoms with Crippen LogP contribution < -0.4 is 5.32 Å². The molecule has 210 valence electrons. The molecule has 1 N–H and O–H groups in total. The number of fused-ring (bicyclic) bond motifs is 1. The molecule has 2 aliphatic heterocycles. The maximum Gasteiger partial charge on any atom is 0.397 e. The van der Waals surface area contributed by atoms with Gasteiger partial charge in [0.2, 0.25) is 11.8 Å². The quantitative estimate of drug-likeness (QED) is 0.560. The summed E-state index contributed by atoms with van der Waals surface area (Å²) in [5, 5.41) is 2.65. The van der Waals surface area contributed by atoms with E-state index < -0.39 is 24.5 Å². The maximum absolute atomic E-state index is 12.8. The van der Waals surface area contributed by atoms with E-state index >= 15 is 0 Å². The monoisotopic (exact) mass is 543 g/mol. The van der Waals surface area contributed by atoms with Crippen molar-refractivity contribution in [3.05, 3.63) is 53.1 Å². The lowest BCUT2D eigenvalue weighted by Crippen LogP contribution is -2.74. The van der Waals surface area contributed by atoms with Crippen molar-refractivity contribution in [2.75, 3.05) is 13.1 Å². The van der Waals surface area contributed by atoms with Crippen molar-refractivity contribution in [1.29, 1.82) is 0 Å². The van der Waals surface area contributed by atoms with Crippen LogP contribution in [0.3, 0.4) is 0 Å². The molecule has 39 heavy (non-hydrogen) atoms. The number of nitrogens with zero attached hydrogens (tertiary/aromatic N) is 4. The van der Waals surface area contributed by atoms with Crippen LogP contribution in [0.15, 0.2) is 30.3 Å². The lowest BCUT2D eigenvalue weighted by atomic mass is 9.53. The van der Waals surface area contributed by atoms with Gasteiger partial charge in [-0.25, -0.2) is 4.98 Å². The number of amides is 2. The van der Waals surface area contributed by atoms with Gasteiger partial charge in [-0.3, -0.25) is 14.5 Å². The predicted octanol–water partition coefficient (Wildman–Crippen LogP) is 4.46. The molecule has 4 unspecified atom stereocenters. The Bertz CT molecular complexity index is 1260. The number of rotatable bonds is 7. The van der Waals surface area contributed by atoms with E-state index in [0.29, 0.717) is 43.1 Å². The molecule has 3 fully saturated rings. The minimum Gasteiger partial charge on any atom is -0.349 e. The zero-order valence-electron chi connectivity index (χ0n) is 22.5. The van der Waals surface area contributed by atoms with Crippen molar-refractivity contribution in [3.8, 4) is 0 Å².